The summed E-state index contributed by atoms with van der Waals surface area (Å²) in [7, 11) is 0. The number of rotatable bonds is 7. The normalized spacial score (nSPS) is 22.2. The molecule has 1 aliphatic carbocycles. The number of amides is 3. The van der Waals surface area contributed by atoms with Crippen molar-refractivity contribution in [1.29, 1.82) is 0 Å². The van der Waals surface area contributed by atoms with Crippen LogP contribution in [-0.2, 0) is 4.79 Å². The van der Waals surface area contributed by atoms with Gasteiger partial charge in [0.1, 0.15) is 0 Å². The van der Waals surface area contributed by atoms with Crippen molar-refractivity contribution in [2.75, 3.05) is 19.6 Å². The summed E-state index contributed by atoms with van der Waals surface area (Å²) >= 11 is 0. The molecule has 4 N–H and O–H groups in total. The molecule has 0 aromatic carbocycles. The van der Waals surface area contributed by atoms with Crippen molar-refractivity contribution in [3.05, 3.63) is 0 Å². The van der Waals surface area contributed by atoms with E-state index in [1.54, 1.807) is 0 Å². The highest BCUT2D eigenvalue weighted by Crippen LogP contribution is 2.17. The fourth-order valence-corrected chi connectivity index (χ4v) is 3.66. The van der Waals surface area contributed by atoms with E-state index in [4.69, 9.17) is 5.73 Å². The van der Waals surface area contributed by atoms with Gasteiger partial charge in [-0.25, -0.2) is 4.79 Å². The minimum absolute atomic E-state index is 0.0414. The van der Waals surface area contributed by atoms with E-state index < -0.39 is 0 Å². The van der Waals surface area contributed by atoms with Crippen molar-refractivity contribution in [1.82, 2.24) is 15.5 Å². The standard InChI is InChI=1S/C18H34N4O2/c19-15-8-7-13-22(14-15)17(23)11-5-2-6-12-20-18(24)21-16-9-3-1-4-10-16/h15-16H,1-14,19H2,(H2,20,21,24). The number of unbranched alkanes of at least 4 members (excludes halogenated alkanes) is 2. The Balaban J connectivity index is 1.46. The molecule has 1 aliphatic heterocycles. The predicted octanol–water partition coefficient (Wildman–Crippen LogP) is 2.13. The molecular weight excluding hydrogens is 304 g/mol. The van der Waals surface area contributed by atoms with Crippen molar-refractivity contribution in [2.45, 2.75) is 82.7 Å². The highest BCUT2D eigenvalue weighted by atomic mass is 16.2. The molecule has 1 saturated carbocycles. The fourth-order valence-electron chi connectivity index (χ4n) is 3.66. The third-order valence-corrected chi connectivity index (χ3v) is 5.10. The van der Waals surface area contributed by atoms with Gasteiger partial charge < -0.3 is 21.3 Å². The second-order valence-electron chi connectivity index (χ2n) is 7.29. The summed E-state index contributed by atoms with van der Waals surface area (Å²) in [6, 6.07) is 0.460. The number of carbonyl (C=O) groups excluding carboxylic acids is 2. The second-order valence-corrected chi connectivity index (χ2v) is 7.29. The number of nitrogens with one attached hydrogen (secondary N) is 2. The number of nitrogens with two attached hydrogens (primary N) is 1. The zero-order valence-electron chi connectivity index (χ0n) is 14.9. The number of likely N-dealkylation sites (tertiary alicyclic amines) is 1. The van der Waals surface area contributed by atoms with E-state index in [2.05, 4.69) is 10.6 Å². The average molecular weight is 338 g/mol. The quantitative estimate of drug-likeness (QED) is 0.621. The number of nitrogens with zero attached hydrogens (tertiary/aromatic N) is 1. The van der Waals surface area contributed by atoms with E-state index in [0.717, 1.165) is 51.5 Å². The number of carbonyl (C=O) groups is 2. The van der Waals surface area contributed by atoms with E-state index >= 15 is 0 Å². The highest BCUT2D eigenvalue weighted by Gasteiger charge is 2.20. The maximum Gasteiger partial charge on any atom is 0.315 e. The lowest BCUT2D eigenvalue weighted by atomic mass is 9.96. The van der Waals surface area contributed by atoms with Crippen LogP contribution in [0.25, 0.3) is 0 Å². The smallest absolute Gasteiger partial charge is 0.315 e. The van der Waals surface area contributed by atoms with Crippen LogP contribution >= 0.6 is 0 Å². The van der Waals surface area contributed by atoms with Gasteiger partial charge in [0.05, 0.1) is 0 Å². The minimum Gasteiger partial charge on any atom is -0.341 e. The Morgan fingerprint density at radius 3 is 2.54 bits per heavy atom. The molecule has 3 amide bonds. The van der Waals surface area contributed by atoms with Gasteiger partial charge in [0.25, 0.3) is 0 Å². The number of urea groups is 1. The molecule has 2 aliphatic rings. The van der Waals surface area contributed by atoms with E-state index in [1.807, 2.05) is 4.90 Å². The Labute approximate surface area is 145 Å². The van der Waals surface area contributed by atoms with Gasteiger partial charge in [0, 0.05) is 38.1 Å². The van der Waals surface area contributed by atoms with Crippen LogP contribution in [0.5, 0.6) is 0 Å². The van der Waals surface area contributed by atoms with E-state index in [9.17, 15) is 9.59 Å². The third-order valence-electron chi connectivity index (χ3n) is 5.10. The van der Waals surface area contributed by atoms with Crippen LogP contribution in [0.1, 0.15) is 70.6 Å². The molecule has 1 saturated heterocycles. The molecule has 0 aromatic rings. The molecule has 24 heavy (non-hydrogen) atoms. The maximum absolute atomic E-state index is 12.1. The Morgan fingerprint density at radius 1 is 1.00 bits per heavy atom. The summed E-state index contributed by atoms with van der Waals surface area (Å²) in [6.07, 6.45) is 11.4. The first-order valence-electron chi connectivity index (χ1n) is 9.73. The topological polar surface area (TPSA) is 87.5 Å². The summed E-state index contributed by atoms with van der Waals surface area (Å²) in [6.45, 7) is 2.25. The SMILES string of the molecule is NC1CCCN(C(=O)CCCCCNC(=O)NC2CCCCC2)C1. The molecule has 2 rings (SSSR count). The first-order valence-corrected chi connectivity index (χ1v) is 9.73. The van der Waals surface area contributed by atoms with Gasteiger partial charge in [-0.1, -0.05) is 25.7 Å². The Hall–Kier alpha value is -1.30. The van der Waals surface area contributed by atoms with Crippen molar-refractivity contribution in [3.63, 3.8) is 0 Å². The van der Waals surface area contributed by atoms with E-state index in [1.165, 1.54) is 19.3 Å². The summed E-state index contributed by atoms with van der Waals surface area (Å²) in [5, 5.41) is 5.98. The van der Waals surface area contributed by atoms with Gasteiger partial charge >= 0.3 is 6.03 Å². The summed E-state index contributed by atoms with van der Waals surface area (Å²) in [5.41, 5.74) is 5.91. The van der Waals surface area contributed by atoms with Crippen LogP contribution in [0.3, 0.4) is 0 Å². The summed E-state index contributed by atoms with van der Waals surface area (Å²) in [4.78, 5) is 25.8. The van der Waals surface area contributed by atoms with Gasteiger partial charge in [-0.2, -0.15) is 0 Å². The average Bonchev–Trinajstić information content (AvgIpc) is 2.58. The lowest BCUT2D eigenvalue weighted by Crippen LogP contribution is -2.45. The molecule has 0 spiro atoms. The van der Waals surface area contributed by atoms with Crippen LogP contribution in [-0.4, -0.2) is 48.6 Å². The molecule has 1 unspecified atom stereocenters. The molecular formula is C18H34N4O2. The molecule has 1 atom stereocenters. The van der Waals surface area contributed by atoms with Gasteiger partial charge in [0.2, 0.25) is 5.91 Å². The van der Waals surface area contributed by atoms with Crippen molar-refractivity contribution >= 4 is 11.9 Å². The van der Waals surface area contributed by atoms with Gasteiger partial charge in [-0.3, -0.25) is 4.79 Å². The van der Waals surface area contributed by atoms with Crippen molar-refractivity contribution < 1.29 is 9.59 Å². The van der Waals surface area contributed by atoms with E-state index in [0.29, 0.717) is 25.6 Å². The van der Waals surface area contributed by atoms with Crippen LogP contribution in [0.4, 0.5) is 4.79 Å². The monoisotopic (exact) mass is 338 g/mol. The van der Waals surface area contributed by atoms with Crippen LogP contribution in [0, 0.1) is 0 Å². The van der Waals surface area contributed by atoms with Crippen LogP contribution in [0.2, 0.25) is 0 Å². The predicted molar refractivity (Wildman–Crippen MR) is 95.7 cm³/mol. The zero-order valence-corrected chi connectivity index (χ0v) is 14.9. The largest absolute Gasteiger partial charge is 0.341 e. The van der Waals surface area contributed by atoms with Crippen LogP contribution in [0.15, 0.2) is 0 Å². The molecule has 0 bridgehead atoms. The molecule has 6 nitrogen and oxygen atoms in total. The molecule has 2 fully saturated rings. The molecule has 6 heteroatoms. The Morgan fingerprint density at radius 2 is 1.79 bits per heavy atom. The maximum atomic E-state index is 12.1. The van der Waals surface area contributed by atoms with Gasteiger partial charge in [-0.05, 0) is 38.5 Å². The van der Waals surface area contributed by atoms with Gasteiger partial charge in [0.15, 0.2) is 0 Å². The van der Waals surface area contributed by atoms with Crippen molar-refractivity contribution in [2.24, 2.45) is 5.73 Å². The first kappa shape index (κ1) is 19.0. The lowest BCUT2D eigenvalue weighted by molar-refractivity contribution is -0.132. The number of hydrogen-bond donors (Lipinski definition) is 3. The highest BCUT2D eigenvalue weighted by molar-refractivity contribution is 5.76. The Bertz CT molecular complexity index is 396. The molecule has 1 heterocycles. The Kier molecular flexibility index (Phi) is 8.36. The van der Waals surface area contributed by atoms with E-state index in [-0.39, 0.29) is 18.0 Å². The van der Waals surface area contributed by atoms with Crippen LogP contribution < -0.4 is 16.4 Å². The summed E-state index contributed by atoms with van der Waals surface area (Å²) < 4.78 is 0. The van der Waals surface area contributed by atoms with Gasteiger partial charge in [-0.15, -0.1) is 0 Å². The molecule has 138 valence electrons. The summed E-state index contributed by atoms with van der Waals surface area (Å²) in [5.74, 6) is 0.230. The third kappa shape index (κ3) is 7.07. The molecule has 0 radical (unpaired) electrons. The van der Waals surface area contributed by atoms with Crippen molar-refractivity contribution in [3.8, 4) is 0 Å². The molecule has 0 aromatic heterocycles. The zero-order chi connectivity index (χ0) is 17.2. The number of piperidine rings is 1. The number of hydrogen-bond acceptors (Lipinski definition) is 3. The lowest BCUT2D eigenvalue weighted by Gasteiger charge is -2.30. The first-order chi connectivity index (χ1) is 11.6. The minimum atomic E-state index is -0.0414. The second kappa shape index (κ2) is 10.5. The fraction of sp³-hybridized carbons (Fsp3) is 0.889.